The van der Waals surface area contributed by atoms with Crippen LogP contribution in [0.3, 0.4) is 0 Å². The van der Waals surface area contributed by atoms with E-state index in [1.165, 1.54) is 5.56 Å². The molecular formula is C19H27N3O2. The Morgan fingerprint density at radius 1 is 1.29 bits per heavy atom. The van der Waals surface area contributed by atoms with Gasteiger partial charge in [-0.1, -0.05) is 12.1 Å². The molecule has 0 bridgehead atoms. The Kier molecular flexibility index (Phi) is 5.88. The minimum Gasteiger partial charge on any atom is -0.491 e. The number of aliphatic hydroxyl groups excluding tert-OH is 1. The van der Waals surface area contributed by atoms with Crippen LogP contribution in [0.4, 0.5) is 0 Å². The number of hydrogen-bond donors (Lipinski definition) is 1. The topological polar surface area (TPSA) is 50.5 Å². The maximum absolute atomic E-state index is 10.2. The first kappa shape index (κ1) is 17.0. The van der Waals surface area contributed by atoms with E-state index in [1.54, 1.807) is 0 Å². The summed E-state index contributed by atoms with van der Waals surface area (Å²) in [5.74, 6) is 1.51. The molecule has 0 amide bonds. The third-order valence-electron chi connectivity index (χ3n) is 4.61. The molecule has 1 fully saturated rings. The lowest BCUT2D eigenvalue weighted by Crippen LogP contribution is -2.41. The number of hydrogen-bond acceptors (Lipinski definition) is 4. The zero-order valence-electron chi connectivity index (χ0n) is 14.3. The minimum absolute atomic E-state index is 0.344. The second kappa shape index (κ2) is 8.31. The number of aromatic nitrogens is 2. The summed E-state index contributed by atoms with van der Waals surface area (Å²) in [5.41, 5.74) is 1.17. The van der Waals surface area contributed by atoms with Crippen LogP contribution in [0.1, 0.15) is 18.4 Å². The van der Waals surface area contributed by atoms with Gasteiger partial charge in [-0.25, -0.2) is 0 Å². The second-order valence-electron chi connectivity index (χ2n) is 6.75. The van der Waals surface area contributed by atoms with E-state index in [0.29, 0.717) is 19.1 Å². The Labute approximate surface area is 143 Å². The zero-order chi connectivity index (χ0) is 16.8. The molecule has 2 heterocycles. The molecule has 0 radical (unpaired) electrons. The fourth-order valence-electron chi connectivity index (χ4n) is 3.27. The predicted octanol–water partition coefficient (Wildman–Crippen LogP) is 2.34. The molecule has 1 aliphatic rings. The fourth-order valence-corrected chi connectivity index (χ4v) is 3.27. The van der Waals surface area contributed by atoms with Crippen LogP contribution in [0.25, 0.3) is 0 Å². The molecule has 0 spiro atoms. The lowest BCUT2D eigenvalue weighted by molar-refractivity contribution is 0.0533. The number of β-amino-alcohol motifs (C(OH)–C–C–N with tert-alkyl or cyclic N) is 1. The molecule has 1 N–H and O–H groups in total. The summed E-state index contributed by atoms with van der Waals surface area (Å²) in [5, 5.41) is 14.5. The van der Waals surface area contributed by atoms with Crippen molar-refractivity contribution in [2.24, 2.45) is 5.92 Å². The Balaban J connectivity index is 1.36. The summed E-state index contributed by atoms with van der Waals surface area (Å²) in [7, 11) is 0. The maximum atomic E-state index is 10.2. The van der Waals surface area contributed by atoms with Crippen molar-refractivity contribution in [3.05, 3.63) is 48.3 Å². The van der Waals surface area contributed by atoms with Crippen LogP contribution in [-0.4, -0.2) is 52.1 Å². The molecule has 0 aliphatic carbocycles. The standard InChI is InChI=1S/C19H27N3O2/c1-16-4-2-5-19(12-16)24-15-18(23)14-21-10-6-17(7-11-21)13-22-9-3-8-20-22/h2-5,8-9,12,17-18,23H,6-7,10-11,13-15H2,1H3/t18-/m1/s1. The molecule has 3 rings (SSSR count). The summed E-state index contributed by atoms with van der Waals surface area (Å²) in [6, 6.07) is 9.91. The monoisotopic (exact) mass is 329 g/mol. The van der Waals surface area contributed by atoms with Crippen LogP contribution in [0.5, 0.6) is 5.75 Å². The van der Waals surface area contributed by atoms with Crippen molar-refractivity contribution in [1.29, 1.82) is 0 Å². The molecule has 1 saturated heterocycles. The smallest absolute Gasteiger partial charge is 0.119 e. The van der Waals surface area contributed by atoms with Gasteiger partial charge in [0.25, 0.3) is 0 Å². The lowest BCUT2D eigenvalue weighted by atomic mass is 9.96. The van der Waals surface area contributed by atoms with Gasteiger partial charge in [0.1, 0.15) is 18.5 Å². The molecule has 1 atom stereocenters. The highest BCUT2D eigenvalue weighted by atomic mass is 16.5. The third kappa shape index (κ3) is 5.08. The van der Waals surface area contributed by atoms with E-state index < -0.39 is 6.10 Å². The molecule has 1 aliphatic heterocycles. The number of nitrogens with zero attached hydrogens (tertiary/aromatic N) is 3. The molecule has 1 aromatic heterocycles. The Morgan fingerprint density at radius 3 is 2.83 bits per heavy atom. The van der Waals surface area contributed by atoms with Gasteiger partial charge >= 0.3 is 0 Å². The van der Waals surface area contributed by atoms with Crippen molar-refractivity contribution in [1.82, 2.24) is 14.7 Å². The highest BCUT2D eigenvalue weighted by Crippen LogP contribution is 2.19. The number of likely N-dealkylation sites (tertiary alicyclic amines) is 1. The summed E-state index contributed by atoms with van der Waals surface area (Å²) in [6.07, 6.45) is 5.72. The van der Waals surface area contributed by atoms with Crippen molar-refractivity contribution in [2.75, 3.05) is 26.2 Å². The average molecular weight is 329 g/mol. The van der Waals surface area contributed by atoms with E-state index in [9.17, 15) is 5.11 Å². The van der Waals surface area contributed by atoms with Crippen LogP contribution in [0.2, 0.25) is 0 Å². The Hall–Kier alpha value is -1.85. The van der Waals surface area contributed by atoms with Crippen molar-refractivity contribution >= 4 is 0 Å². The van der Waals surface area contributed by atoms with Gasteiger partial charge in [-0.15, -0.1) is 0 Å². The Bertz CT molecular complexity index is 607. The molecular weight excluding hydrogens is 302 g/mol. The molecule has 1 aromatic carbocycles. The highest BCUT2D eigenvalue weighted by Gasteiger charge is 2.21. The van der Waals surface area contributed by atoms with Crippen molar-refractivity contribution in [2.45, 2.75) is 32.4 Å². The normalized spacial score (nSPS) is 17.8. The summed E-state index contributed by atoms with van der Waals surface area (Å²) < 4.78 is 7.71. The van der Waals surface area contributed by atoms with Gasteiger partial charge in [-0.05, 0) is 62.5 Å². The summed E-state index contributed by atoms with van der Waals surface area (Å²) >= 11 is 0. The van der Waals surface area contributed by atoms with E-state index in [-0.39, 0.29) is 0 Å². The molecule has 5 heteroatoms. The first-order chi connectivity index (χ1) is 11.7. The van der Waals surface area contributed by atoms with E-state index in [1.807, 2.05) is 54.3 Å². The van der Waals surface area contributed by atoms with Crippen LogP contribution in [0.15, 0.2) is 42.7 Å². The fraction of sp³-hybridized carbons (Fsp3) is 0.526. The molecule has 2 aromatic rings. The van der Waals surface area contributed by atoms with E-state index in [4.69, 9.17) is 4.74 Å². The number of aliphatic hydroxyl groups is 1. The number of rotatable bonds is 7. The van der Waals surface area contributed by atoms with E-state index in [2.05, 4.69) is 10.00 Å². The maximum Gasteiger partial charge on any atom is 0.119 e. The summed E-state index contributed by atoms with van der Waals surface area (Å²) in [6.45, 7) is 6.13. The van der Waals surface area contributed by atoms with Crippen molar-refractivity contribution in [3.63, 3.8) is 0 Å². The first-order valence-corrected chi connectivity index (χ1v) is 8.76. The first-order valence-electron chi connectivity index (χ1n) is 8.76. The second-order valence-corrected chi connectivity index (χ2v) is 6.75. The molecule has 0 unspecified atom stereocenters. The predicted molar refractivity (Wildman–Crippen MR) is 94.1 cm³/mol. The van der Waals surface area contributed by atoms with Gasteiger partial charge < -0.3 is 14.7 Å². The Morgan fingerprint density at radius 2 is 2.12 bits per heavy atom. The van der Waals surface area contributed by atoms with E-state index >= 15 is 0 Å². The molecule has 5 nitrogen and oxygen atoms in total. The number of piperidine rings is 1. The number of benzene rings is 1. The number of aryl methyl sites for hydroxylation is 1. The van der Waals surface area contributed by atoms with Crippen LogP contribution in [0, 0.1) is 12.8 Å². The SMILES string of the molecule is Cc1cccc(OC[C@H](O)CN2CCC(Cn3cccn3)CC2)c1. The van der Waals surface area contributed by atoms with Crippen LogP contribution < -0.4 is 4.74 Å². The van der Waals surface area contributed by atoms with Crippen molar-refractivity contribution < 1.29 is 9.84 Å². The van der Waals surface area contributed by atoms with Gasteiger partial charge in [0, 0.05) is 25.5 Å². The van der Waals surface area contributed by atoms with Crippen LogP contribution >= 0.6 is 0 Å². The van der Waals surface area contributed by atoms with Crippen LogP contribution in [-0.2, 0) is 6.54 Å². The quantitative estimate of drug-likeness (QED) is 0.847. The van der Waals surface area contributed by atoms with Gasteiger partial charge in [0.05, 0.1) is 0 Å². The molecule has 130 valence electrons. The van der Waals surface area contributed by atoms with Gasteiger partial charge in [-0.3, -0.25) is 4.68 Å². The van der Waals surface area contributed by atoms with Crippen molar-refractivity contribution in [3.8, 4) is 5.75 Å². The minimum atomic E-state index is -0.451. The van der Waals surface area contributed by atoms with Gasteiger partial charge in [0.2, 0.25) is 0 Å². The lowest BCUT2D eigenvalue weighted by Gasteiger charge is -2.33. The summed E-state index contributed by atoms with van der Waals surface area (Å²) in [4.78, 5) is 2.34. The number of ether oxygens (including phenoxy) is 1. The highest BCUT2D eigenvalue weighted by molar-refractivity contribution is 5.27. The van der Waals surface area contributed by atoms with E-state index in [0.717, 1.165) is 38.2 Å². The largest absolute Gasteiger partial charge is 0.491 e. The molecule has 0 saturated carbocycles. The van der Waals surface area contributed by atoms with Gasteiger partial charge in [-0.2, -0.15) is 5.10 Å². The average Bonchev–Trinajstić information content (AvgIpc) is 3.08. The van der Waals surface area contributed by atoms with Gasteiger partial charge in [0.15, 0.2) is 0 Å². The third-order valence-corrected chi connectivity index (χ3v) is 4.61. The zero-order valence-corrected chi connectivity index (χ0v) is 14.3. The molecule has 24 heavy (non-hydrogen) atoms.